The van der Waals surface area contributed by atoms with E-state index in [9.17, 15) is 4.79 Å². The minimum absolute atomic E-state index is 0.132. The highest BCUT2D eigenvalue weighted by Gasteiger charge is 2.37. The Labute approximate surface area is 130 Å². The van der Waals surface area contributed by atoms with Crippen LogP contribution in [0.25, 0.3) is 0 Å². The summed E-state index contributed by atoms with van der Waals surface area (Å²) in [6.07, 6.45) is 5.07. The molecule has 0 saturated heterocycles. The molecular formula is C13H23Cl3N2O. The molecule has 0 unspecified atom stereocenters. The summed E-state index contributed by atoms with van der Waals surface area (Å²) in [5.74, 6) is -0.132. The molecule has 3 nitrogen and oxygen atoms in total. The van der Waals surface area contributed by atoms with Gasteiger partial charge in [0, 0.05) is 11.5 Å². The molecule has 0 heterocycles. The van der Waals surface area contributed by atoms with Crippen LogP contribution in [0.4, 0.5) is 0 Å². The molecular weight excluding hydrogens is 307 g/mol. The van der Waals surface area contributed by atoms with Crippen molar-refractivity contribution in [3.8, 4) is 0 Å². The van der Waals surface area contributed by atoms with Crippen LogP contribution in [-0.2, 0) is 4.79 Å². The number of rotatable bonds is 3. The van der Waals surface area contributed by atoms with E-state index in [2.05, 4.69) is 10.6 Å². The zero-order valence-corrected chi connectivity index (χ0v) is 14.0. The molecule has 1 aliphatic rings. The fraction of sp³-hybridized carbons (Fsp3) is 0.923. The molecule has 0 aromatic rings. The summed E-state index contributed by atoms with van der Waals surface area (Å²) in [7, 11) is 0. The number of alkyl halides is 3. The third-order valence-corrected chi connectivity index (χ3v) is 3.95. The first-order chi connectivity index (χ1) is 8.60. The van der Waals surface area contributed by atoms with Gasteiger partial charge in [-0.1, -0.05) is 74.8 Å². The standard InChI is InChI=1S/C13H23Cl3N2O/c1-12(2,3)11(19)18-10(13(14,15)16)17-9-7-5-4-6-8-9/h9-10,17H,4-8H2,1-3H3,(H,18,19)/t10-/m1/s1. The Hall–Kier alpha value is 0.300. The molecule has 112 valence electrons. The highest BCUT2D eigenvalue weighted by molar-refractivity contribution is 6.68. The Kier molecular flexibility index (Phi) is 6.25. The third kappa shape index (κ3) is 6.07. The second-order valence-electron chi connectivity index (χ2n) is 6.20. The monoisotopic (exact) mass is 328 g/mol. The molecule has 1 aliphatic carbocycles. The molecule has 1 rings (SSSR count). The second-order valence-corrected chi connectivity index (χ2v) is 8.57. The summed E-state index contributed by atoms with van der Waals surface area (Å²) in [5.41, 5.74) is -0.511. The molecule has 19 heavy (non-hydrogen) atoms. The molecule has 1 saturated carbocycles. The van der Waals surface area contributed by atoms with E-state index in [1.54, 1.807) is 0 Å². The SMILES string of the molecule is CC(C)(C)C(=O)N[C@@H](NC1CCCCC1)C(Cl)(Cl)Cl. The van der Waals surface area contributed by atoms with Crippen LogP contribution in [0.1, 0.15) is 52.9 Å². The van der Waals surface area contributed by atoms with Crippen molar-refractivity contribution in [2.24, 2.45) is 5.41 Å². The summed E-state index contributed by atoms with van der Waals surface area (Å²) in [5, 5.41) is 6.07. The summed E-state index contributed by atoms with van der Waals surface area (Å²) in [4.78, 5) is 12.0. The van der Waals surface area contributed by atoms with E-state index in [1.165, 1.54) is 19.3 Å². The molecule has 2 N–H and O–H groups in total. The lowest BCUT2D eigenvalue weighted by Crippen LogP contribution is -2.58. The number of halogens is 3. The van der Waals surface area contributed by atoms with Crippen molar-refractivity contribution in [3.05, 3.63) is 0 Å². The first-order valence-electron chi connectivity index (χ1n) is 6.74. The van der Waals surface area contributed by atoms with E-state index in [0.29, 0.717) is 6.04 Å². The van der Waals surface area contributed by atoms with Gasteiger partial charge in [-0.3, -0.25) is 10.1 Å². The van der Waals surface area contributed by atoms with Gasteiger partial charge < -0.3 is 5.32 Å². The summed E-state index contributed by atoms with van der Waals surface area (Å²) >= 11 is 17.9. The smallest absolute Gasteiger partial charge is 0.226 e. The topological polar surface area (TPSA) is 41.1 Å². The number of carbonyl (C=O) groups excluding carboxylic acids is 1. The van der Waals surface area contributed by atoms with Gasteiger partial charge in [0.05, 0.1) is 0 Å². The van der Waals surface area contributed by atoms with Gasteiger partial charge in [-0.15, -0.1) is 0 Å². The maximum absolute atomic E-state index is 12.0. The average molecular weight is 330 g/mol. The van der Waals surface area contributed by atoms with E-state index in [4.69, 9.17) is 34.8 Å². The minimum atomic E-state index is -1.56. The molecule has 1 fully saturated rings. The van der Waals surface area contributed by atoms with Crippen LogP contribution in [0.3, 0.4) is 0 Å². The summed E-state index contributed by atoms with van der Waals surface area (Å²) in [6.45, 7) is 5.50. The molecule has 0 aliphatic heterocycles. The normalized spacial score (nSPS) is 20.1. The van der Waals surface area contributed by atoms with Crippen molar-refractivity contribution in [3.63, 3.8) is 0 Å². The Bertz CT molecular complexity index is 304. The van der Waals surface area contributed by atoms with Crippen molar-refractivity contribution in [2.45, 2.75) is 68.9 Å². The third-order valence-electron chi connectivity index (χ3n) is 3.29. The molecule has 1 atom stereocenters. The van der Waals surface area contributed by atoms with Gasteiger partial charge in [0.1, 0.15) is 6.17 Å². The van der Waals surface area contributed by atoms with Gasteiger partial charge in [-0.25, -0.2) is 0 Å². The minimum Gasteiger partial charge on any atom is -0.336 e. The van der Waals surface area contributed by atoms with E-state index >= 15 is 0 Å². The van der Waals surface area contributed by atoms with Gasteiger partial charge in [-0.2, -0.15) is 0 Å². The molecule has 0 aromatic carbocycles. The van der Waals surface area contributed by atoms with Gasteiger partial charge in [0.15, 0.2) is 0 Å². The zero-order valence-electron chi connectivity index (χ0n) is 11.7. The fourth-order valence-electron chi connectivity index (χ4n) is 2.07. The van der Waals surface area contributed by atoms with Crippen LogP contribution in [0.5, 0.6) is 0 Å². The lowest BCUT2D eigenvalue weighted by Gasteiger charge is -2.34. The molecule has 1 amide bonds. The maximum Gasteiger partial charge on any atom is 0.226 e. The molecule has 6 heteroatoms. The van der Waals surface area contributed by atoms with E-state index in [1.807, 2.05) is 20.8 Å². The van der Waals surface area contributed by atoms with Crippen molar-refractivity contribution < 1.29 is 4.79 Å². The number of hydrogen-bond donors (Lipinski definition) is 2. The summed E-state index contributed by atoms with van der Waals surface area (Å²) < 4.78 is -1.56. The van der Waals surface area contributed by atoms with Gasteiger partial charge in [-0.05, 0) is 12.8 Å². The first-order valence-corrected chi connectivity index (χ1v) is 7.88. The molecule has 0 radical (unpaired) electrons. The average Bonchev–Trinajstić information content (AvgIpc) is 2.27. The second kappa shape index (κ2) is 6.84. The van der Waals surface area contributed by atoms with Crippen molar-refractivity contribution in [2.75, 3.05) is 0 Å². The van der Waals surface area contributed by atoms with Crippen LogP contribution in [0.2, 0.25) is 0 Å². The van der Waals surface area contributed by atoms with Crippen molar-refractivity contribution in [1.29, 1.82) is 0 Å². The van der Waals surface area contributed by atoms with Gasteiger partial charge in [0.2, 0.25) is 9.70 Å². The maximum atomic E-state index is 12.0. The van der Waals surface area contributed by atoms with E-state index in [-0.39, 0.29) is 5.91 Å². The molecule has 0 aromatic heterocycles. The van der Waals surface area contributed by atoms with E-state index < -0.39 is 15.4 Å². The summed E-state index contributed by atoms with van der Waals surface area (Å²) in [6, 6.07) is 0.301. The van der Waals surface area contributed by atoms with Crippen LogP contribution in [0.15, 0.2) is 0 Å². The number of hydrogen-bond acceptors (Lipinski definition) is 2. The van der Waals surface area contributed by atoms with Gasteiger partial charge in [0.25, 0.3) is 0 Å². The first kappa shape index (κ1) is 17.4. The molecule has 0 bridgehead atoms. The van der Waals surface area contributed by atoms with Crippen LogP contribution < -0.4 is 10.6 Å². The predicted octanol–water partition coefficient (Wildman–Crippen LogP) is 3.77. The highest BCUT2D eigenvalue weighted by Crippen LogP contribution is 2.31. The van der Waals surface area contributed by atoms with E-state index in [0.717, 1.165) is 12.8 Å². The quantitative estimate of drug-likeness (QED) is 0.611. The van der Waals surface area contributed by atoms with Crippen LogP contribution in [-0.4, -0.2) is 21.9 Å². The predicted molar refractivity (Wildman–Crippen MR) is 81.7 cm³/mol. The Balaban J connectivity index is 2.64. The lowest BCUT2D eigenvalue weighted by atomic mass is 9.94. The zero-order chi connectivity index (χ0) is 14.7. The van der Waals surface area contributed by atoms with Crippen LogP contribution >= 0.6 is 34.8 Å². The largest absolute Gasteiger partial charge is 0.336 e. The Morgan fingerprint density at radius 1 is 1.11 bits per heavy atom. The number of amides is 1. The number of nitrogens with one attached hydrogen (secondary N) is 2. The Morgan fingerprint density at radius 3 is 2.05 bits per heavy atom. The van der Waals surface area contributed by atoms with Crippen molar-refractivity contribution >= 4 is 40.7 Å². The van der Waals surface area contributed by atoms with Crippen molar-refractivity contribution in [1.82, 2.24) is 10.6 Å². The van der Waals surface area contributed by atoms with Crippen LogP contribution in [0, 0.1) is 5.41 Å². The van der Waals surface area contributed by atoms with Gasteiger partial charge >= 0.3 is 0 Å². The molecule has 0 spiro atoms. The Morgan fingerprint density at radius 2 is 1.63 bits per heavy atom. The number of carbonyl (C=O) groups is 1. The highest BCUT2D eigenvalue weighted by atomic mass is 35.6. The lowest BCUT2D eigenvalue weighted by molar-refractivity contribution is -0.129. The fourth-order valence-corrected chi connectivity index (χ4v) is 2.42.